The third-order valence-corrected chi connectivity index (χ3v) is 7.65. The zero-order valence-electron chi connectivity index (χ0n) is 17.8. The Labute approximate surface area is 192 Å². The molecule has 8 heteroatoms. The van der Waals surface area contributed by atoms with E-state index in [1.807, 2.05) is 24.3 Å². The van der Waals surface area contributed by atoms with Gasteiger partial charge in [-0.3, -0.25) is 9.59 Å². The van der Waals surface area contributed by atoms with Crippen LogP contribution in [-0.2, 0) is 27.4 Å². The third-order valence-electron chi connectivity index (χ3n) is 5.16. The van der Waals surface area contributed by atoms with E-state index in [0.717, 1.165) is 29.1 Å². The van der Waals surface area contributed by atoms with Gasteiger partial charge in [0.05, 0.1) is 29.8 Å². The molecule has 1 aliphatic rings. The highest BCUT2D eigenvalue weighted by Gasteiger charge is 2.40. The zero-order valence-corrected chi connectivity index (χ0v) is 19.4. The molecule has 3 N–H and O–H groups in total. The molecular formula is C23H32O6S2. The van der Waals surface area contributed by atoms with Gasteiger partial charge in [-0.2, -0.15) is 11.8 Å². The molecule has 1 saturated carbocycles. The number of aliphatic hydroxyl groups excluding tert-OH is 2. The topological polar surface area (TPSA) is 104 Å². The maximum atomic E-state index is 12.3. The van der Waals surface area contributed by atoms with Crippen LogP contribution in [0.25, 0.3) is 0 Å². The zero-order chi connectivity index (χ0) is 22.6. The summed E-state index contributed by atoms with van der Waals surface area (Å²) in [4.78, 5) is 22.8. The van der Waals surface area contributed by atoms with Crippen LogP contribution in [0.4, 0.5) is 0 Å². The average Bonchev–Trinajstić information content (AvgIpc) is 3.00. The third kappa shape index (κ3) is 8.98. The molecular weight excluding hydrogens is 436 g/mol. The number of carboxylic acids is 1. The summed E-state index contributed by atoms with van der Waals surface area (Å²) in [7, 11) is 1.66. The van der Waals surface area contributed by atoms with Gasteiger partial charge in [0, 0.05) is 19.4 Å². The minimum absolute atomic E-state index is 0.0355. The second-order valence-electron chi connectivity index (χ2n) is 7.60. The fourth-order valence-electron chi connectivity index (χ4n) is 3.59. The molecule has 1 aromatic rings. The van der Waals surface area contributed by atoms with Crippen molar-refractivity contribution >= 4 is 35.3 Å². The van der Waals surface area contributed by atoms with E-state index in [0.29, 0.717) is 19.4 Å². The highest BCUT2D eigenvalue weighted by molar-refractivity contribution is 8.01. The Morgan fingerprint density at radius 3 is 2.74 bits per heavy atom. The molecule has 0 amide bonds. The van der Waals surface area contributed by atoms with E-state index >= 15 is 0 Å². The Morgan fingerprint density at radius 2 is 2.03 bits per heavy atom. The summed E-state index contributed by atoms with van der Waals surface area (Å²) in [6.45, 7) is 0.534. The van der Waals surface area contributed by atoms with Crippen LogP contribution in [0.3, 0.4) is 0 Å². The number of rotatable bonds is 14. The summed E-state index contributed by atoms with van der Waals surface area (Å²) in [6, 6.07) is 7.99. The predicted molar refractivity (Wildman–Crippen MR) is 126 cm³/mol. The van der Waals surface area contributed by atoms with Crippen LogP contribution in [0.1, 0.15) is 30.4 Å². The Balaban J connectivity index is 1.82. The van der Waals surface area contributed by atoms with Crippen molar-refractivity contribution in [1.82, 2.24) is 0 Å². The number of thioether (sulfide) groups is 2. The number of hydrogen-bond donors (Lipinski definition) is 3. The summed E-state index contributed by atoms with van der Waals surface area (Å²) >= 11 is 2.88. The average molecular weight is 469 g/mol. The van der Waals surface area contributed by atoms with Gasteiger partial charge < -0.3 is 20.1 Å². The number of aliphatic hydroxyl groups is 2. The number of aliphatic carboxylic acids is 1. The Bertz CT molecular complexity index is 739. The number of aryl methyl sites for hydroxylation is 1. The van der Waals surface area contributed by atoms with Gasteiger partial charge in [-0.25, -0.2) is 0 Å². The standard InChI is InChI=1S/C23H32O6S2/c1-29-14-17-6-3-2-5-16(17)7-8-18(24)9-10-19-20(25)13-21(26)23(19)31-12-4-11-30-15-22(27)28/h2-3,5-6,9-10,18-20,23-25H,4,7-8,11-15H2,1H3,(H,27,28)/t18-,19-,20+,23+/m0/s1. The summed E-state index contributed by atoms with van der Waals surface area (Å²) < 4.78 is 5.22. The molecule has 0 bridgehead atoms. The van der Waals surface area contributed by atoms with Crippen molar-refractivity contribution in [3.8, 4) is 0 Å². The lowest BCUT2D eigenvalue weighted by molar-refractivity contribution is -0.133. The lowest BCUT2D eigenvalue weighted by Gasteiger charge is -2.18. The van der Waals surface area contributed by atoms with Crippen molar-refractivity contribution in [2.45, 2.75) is 49.7 Å². The van der Waals surface area contributed by atoms with Crippen molar-refractivity contribution in [3.05, 3.63) is 47.5 Å². The van der Waals surface area contributed by atoms with Crippen LogP contribution < -0.4 is 0 Å². The van der Waals surface area contributed by atoms with Gasteiger partial charge in [-0.15, -0.1) is 11.8 Å². The first-order chi connectivity index (χ1) is 14.9. The molecule has 0 spiro atoms. The molecule has 0 saturated heterocycles. The molecule has 0 heterocycles. The smallest absolute Gasteiger partial charge is 0.313 e. The minimum atomic E-state index is -0.822. The van der Waals surface area contributed by atoms with Crippen LogP contribution in [0, 0.1) is 5.92 Å². The van der Waals surface area contributed by atoms with Gasteiger partial charge in [0.2, 0.25) is 0 Å². The van der Waals surface area contributed by atoms with E-state index < -0.39 is 18.2 Å². The molecule has 0 aromatic heterocycles. The lowest BCUT2D eigenvalue weighted by Crippen LogP contribution is -2.22. The molecule has 172 valence electrons. The van der Waals surface area contributed by atoms with E-state index in [-0.39, 0.29) is 29.1 Å². The molecule has 0 aliphatic heterocycles. The molecule has 2 rings (SSSR count). The number of carboxylic acid groups (broad SMARTS) is 1. The Hall–Kier alpha value is -1.32. The first-order valence-electron chi connectivity index (χ1n) is 10.5. The summed E-state index contributed by atoms with van der Waals surface area (Å²) in [5, 5.41) is 29.0. The van der Waals surface area contributed by atoms with E-state index in [4.69, 9.17) is 9.84 Å². The second-order valence-corrected chi connectivity index (χ2v) is 9.95. The van der Waals surface area contributed by atoms with Gasteiger partial charge >= 0.3 is 5.97 Å². The van der Waals surface area contributed by atoms with Crippen molar-refractivity contribution in [1.29, 1.82) is 0 Å². The Morgan fingerprint density at radius 1 is 1.29 bits per heavy atom. The maximum Gasteiger partial charge on any atom is 0.313 e. The number of Topliss-reactive ketones (excluding diaryl/α,β-unsaturated/α-hetero) is 1. The summed E-state index contributed by atoms with van der Waals surface area (Å²) in [5.74, 6) is 0.460. The van der Waals surface area contributed by atoms with Crippen LogP contribution in [0.5, 0.6) is 0 Å². The first-order valence-corrected chi connectivity index (χ1v) is 12.7. The normalized spacial score (nSPS) is 22.3. The van der Waals surface area contributed by atoms with Gasteiger partial charge in [0.25, 0.3) is 0 Å². The molecule has 1 fully saturated rings. The molecule has 6 nitrogen and oxygen atoms in total. The van der Waals surface area contributed by atoms with Crippen LogP contribution in [0.15, 0.2) is 36.4 Å². The van der Waals surface area contributed by atoms with Crippen molar-refractivity contribution in [2.75, 3.05) is 24.4 Å². The van der Waals surface area contributed by atoms with E-state index in [9.17, 15) is 19.8 Å². The second kappa shape index (κ2) is 14.0. The number of carbonyl (C=O) groups is 2. The maximum absolute atomic E-state index is 12.3. The van der Waals surface area contributed by atoms with Crippen LogP contribution in [-0.4, -0.2) is 68.9 Å². The molecule has 4 atom stereocenters. The number of hydrogen-bond acceptors (Lipinski definition) is 7. The van der Waals surface area contributed by atoms with Crippen LogP contribution in [0.2, 0.25) is 0 Å². The van der Waals surface area contributed by atoms with Gasteiger partial charge in [-0.05, 0) is 41.9 Å². The van der Waals surface area contributed by atoms with E-state index in [1.165, 1.54) is 23.5 Å². The van der Waals surface area contributed by atoms with Crippen molar-refractivity contribution < 1.29 is 29.6 Å². The number of methoxy groups -OCH3 is 1. The molecule has 1 aromatic carbocycles. The van der Waals surface area contributed by atoms with Crippen molar-refractivity contribution in [2.24, 2.45) is 5.92 Å². The fraction of sp³-hybridized carbons (Fsp3) is 0.565. The number of benzene rings is 1. The van der Waals surface area contributed by atoms with E-state index in [1.54, 1.807) is 19.3 Å². The monoisotopic (exact) mass is 468 g/mol. The number of ether oxygens (including phenoxy) is 1. The molecule has 0 radical (unpaired) electrons. The molecule has 31 heavy (non-hydrogen) atoms. The number of carbonyl (C=O) groups excluding carboxylic acids is 1. The largest absolute Gasteiger partial charge is 0.481 e. The van der Waals surface area contributed by atoms with Gasteiger partial charge in [0.15, 0.2) is 0 Å². The fourth-order valence-corrected chi connectivity index (χ4v) is 5.78. The number of ketones is 1. The Kier molecular flexibility index (Phi) is 11.7. The van der Waals surface area contributed by atoms with E-state index in [2.05, 4.69) is 0 Å². The highest BCUT2D eigenvalue weighted by Crippen LogP contribution is 2.34. The molecule has 1 aliphatic carbocycles. The summed E-state index contributed by atoms with van der Waals surface area (Å²) in [5.41, 5.74) is 2.25. The predicted octanol–water partition coefficient (Wildman–Crippen LogP) is 2.94. The first kappa shape index (κ1) is 25.9. The van der Waals surface area contributed by atoms with Crippen molar-refractivity contribution in [3.63, 3.8) is 0 Å². The quantitative estimate of drug-likeness (QED) is 0.283. The highest BCUT2D eigenvalue weighted by atomic mass is 32.2. The van der Waals surface area contributed by atoms with Crippen LogP contribution >= 0.6 is 23.5 Å². The van der Waals surface area contributed by atoms with Gasteiger partial charge in [0.1, 0.15) is 5.78 Å². The van der Waals surface area contributed by atoms with Gasteiger partial charge in [-0.1, -0.05) is 36.4 Å². The SMILES string of the molecule is COCc1ccccc1CC[C@H](O)C=C[C@H]1[C@H](O)CC(=O)[C@@H]1SCCCSCC(=O)O. The lowest BCUT2D eigenvalue weighted by atomic mass is 9.99. The minimum Gasteiger partial charge on any atom is -0.481 e. The molecule has 0 unspecified atom stereocenters. The summed E-state index contributed by atoms with van der Waals surface area (Å²) in [6.07, 6.45) is 4.31.